The minimum atomic E-state index is -0.590. The van der Waals surface area contributed by atoms with Crippen molar-refractivity contribution in [2.75, 3.05) is 58.9 Å². The molecule has 1 saturated carbocycles. The lowest BCUT2D eigenvalue weighted by Crippen LogP contribution is -2.56. The van der Waals surface area contributed by atoms with Gasteiger partial charge in [-0.25, -0.2) is 9.49 Å². The fraction of sp³-hybridized carbons (Fsp3) is 0.564. The van der Waals surface area contributed by atoms with E-state index in [1.54, 1.807) is 29.2 Å². The summed E-state index contributed by atoms with van der Waals surface area (Å²) < 4.78 is 15.0. The van der Waals surface area contributed by atoms with Gasteiger partial charge in [-0.2, -0.15) is 5.10 Å². The third kappa shape index (κ3) is 7.62. The van der Waals surface area contributed by atoms with E-state index in [1.807, 2.05) is 17.0 Å². The summed E-state index contributed by atoms with van der Waals surface area (Å²) in [7, 11) is 0. The molecule has 7 rings (SSSR count). The molecule has 1 spiro atoms. The number of H-pyrrole nitrogens is 1. The predicted octanol–water partition coefficient (Wildman–Crippen LogP) is 4.61. The summed E-state index contributed by atoms with van der Waals surface area (Å²) in [6.07, 6.45) is 11.4. The number of fused-ring (bicyclic) bond motifs is 1. The molecule has 4 fully saturated rings. The van der Waals surface area contributed by atoms with E-state index < -0.39 is 11.7 Å². The van der Waals surface area contributed by atoms with Crippen molar-refractivity contribution >= 4 is 28.5 Å². The van der Waals surface area contributed by atoms with Crippen molar-refractivity contribution in [3.8, 4) is 0 Å². The molecule has 50 heavy (non-hydrogen) atoms. The summed E-state index contributed by atoms with van der Waals surface area (Å²) in [4.78, 5) is 60.3. The number of hydrogen-bond donors (Lipinski definition) is 1. The molecular formula is C39H49FN6O4. The molecular weight excluding hydrogens is 635 g/mol. The number of piperazine rings is 1. The molecule has 1 unspecified atom stereocenters. The summed E-state index contributed by atoms with van der Waals surface area (Å²) in [6.45, 7) is 5.20. The number of aromatic amines is 1. The molecule has 1 atom stereocenters. The van der Waals surface area contributed by atoms with Crippen LogP contribution < -0.4 is 5.56 Å². The first kappa shape index (κ1) is 34.3. The molecule has 4 aliphatic rings. The van der Waals surface area contributed by atoms with E-state index in [1.165, 1.54) is 38.2 Å². The van der Waals surface area contributed by atoms with Crippen LogP contribution >= 0.6 is 0 Å². The van der Waals surface area contributed by atoms with Crippen LogP contribution in [0, 0.1) is 17.2 Å². The molecule has 4 heterocycles. The summed E-state index contributed by atoms with van der Waals surface area (Å²) in [5.41, 5.74) is 1.13. The van der Waals surface area contributed by atoms with Gasteiger partial charge in [0.1, 0.15) is 5.82 Å². The van der Waals surface area contributed by atoms with Crippen LogP contribution in [-0.4, -0.2) is 106 Å². The smallest absolute Gasteiger partial charge is 0.272 e. The summed E-state index contributed by atoms with van der Waals surface area (Å²) in [5.74, 6) is -0.0607. The standard InChI is InChI=1S/C39H49FN6O4/c40-33-13-12-29(23-34-30-10-4-5-11-31(30)37(49)42-41-34)22-32(33)38(50)45-20-18-44(19-21-45)36(48)25-43-16-6-14-39(26-43)15-7-17-46(27-39)35(47)24-28-8-2-1-3-9-28/h4-5,10-13,22,28H,1-3,6-9,14-21,23-27H2,(H,42,49). The molecule has 266 valence electrons. The zero-order valence-corrected chi connectivity index (χ0v) is 29.0. The SMILES string of the molecule is O=C(CN1CCCC2(CCCN(C(=O)CC3CCCCC3)C2)C1)N1CCN(C(=O)c2cc(Cc3n[nH]c(=O)c4ccccc34)ccc2F)CC1. The number of piperidine rings is 2. The third-order valence-electron chi connectivity index (χ3n) is 11.6. The Labute approximate surface area is 293 Å². The Morgan fingerprint density at radius 1 is 0.800 bits per heavy atom. The Bertz CT molecular complexity index is 1780. The minimum Gasteiger partial charge on any atom is -0.342 e. The average molecular weight is 685 g/mol. The van der Waals surface area contributed by atoms with Crippen molar-refractivity contribution in [2.45, 2.75) is 70.6 Å². The number of benzene rings is 2. The lowest BCUT2D eigenvalue weighted by molar-refractivity contribution is -0.139. The van der Waals surface area contributed by atoms with E-state index in [2.05, 4.69) is 20.0 Å². The number of likely N-dealkylation sites (tertiary alicyclic amines) is 2. The molecule has 3 amide bonds. The van der Waals surface area contributed by atoms with Gasteiger partial charge in [-0.05, 0) is 74.8 Å². The maximum absolute atomic E-state index is 15.0. The maximum atomic E-state index is 15.0. The van der Waals surface area contributed by atoms with E-state index in [0.717, 1.165) is 57.2 Å². The molecule has 3 saturated heterocycles. The molecule has 0 radical (unpaired) electrons. The van der Waals surface area contributed by atoms with Crippen LogP contribution in [0.4, 0.5) is 4.39 Å². The summed E-state index contributed by atoms with van der Waals surface area (Å²) in [5, 5.41) is 8.00. The predicted molar refractivity (Wildman–Crippen MR) is 189 cm³/mol. The van der Waals surface area contributed by atoms with E-state index in [4.69, 9.17) is 0 Å². The first-order valence-electron chi connectivity index (χ1n) is 18.6. The van der Waals surface area contributed by atoms with E-state index in [-0.39, 0.29) is 22.4 Å². The van der Waals surface area contributed by atoms with Crippen molar-refractivity contribution in [1.29, 1.82) is 0 Å². The number of hydrogen-bond acceptors (Lipinski definition) is 6. The highest BCUT2D eigenvalue weighted by Gasteiger charge is 2.41. The van der Waals surface area contributed by atoms with Crippen LogP contribution in [0.25, 0.3) is 10.8 Å². The van der Waals surface area contributed by atoms with Gasteiger partial charge in [0.25, 0.3) is 11.5 Å². The van der Waals surface area contributed by atoms with E-state index >= 15 is 4.39 Å². The molecule has 3 aromatic rings. The lowest BCUT2D eigenvalue weighted by Gasteiger charge is -2.49. The highest BCUT2D eigenvalue weighted by Crippen LogP contribution is 2.39. The molecule has 11 heteroatoms. The van der Waals surface area contributed by atoms with Gasteiger partial charge >= 0.3 is 0 Å². The Kier molecular flexibility index (Phi) is 10.3. The van der Waals surface area contributed by atoms with Crippen molar-refractivity contribution in [3.63, 3.8) is 0 Å². The van der Waals surface area contributed by atoms with Crippen LogP contribution in [0.15, 0.2) is 47.3 Å². The highest BCUT2D eigenvalue weighted by atomic mass is 19.1. The molecule has 1 N–H and O–H groups in total. The normalized spacial score (nSPS) is 22.3. The Morgan fingerprint density at radius 3 is 2.30 bits per heavy atom. The summed E-state index contributed by atoms with van der Waals surface area (Å²) in [6, 6.07) is 11.7. The second-order valence-corrected chi connectivity index (χ2v) is 15.2. The van der Waals surface area contributed by atoms with Crippen molar-refractivity contribution in [3.05, 3.63) is 75.5 Å². The van der Waals surface area contributed by atoms with Crippen molar-refractivity contribution in [2.24, 2.45) is 11.3 Å². The number of nitrogens with one attached hydrogen (secondary N) is 1. The second kappa shape index (κ2) is 15.0. The third-order valence-corrected chi connectivity index (χ3v) is 11.6. The van der Waals surface area contributed by atoms with Gasteiger partial charge in [-0.15, -0.1) is 0 Å². The zero-order chi connectivity index (χ0) is 34.7. The van der Waals surface area contributed by atoms with Gasteiger partial charge in [0.05, 0.1) is 23.2 Å². The molecule has 2 aromatic carbocycles. The Balaban J connectivity index is 0.921. The van der Waals surface area contributed by atoms with Gasteiger partial charge in [-0.3, -0.25) is 24.1 Å². The first-order valence-corrected chi connectivity index (χ1v) is 18.6. The first-order chi connectivity index (χ1) is 24.3. The zero-order valence-electron chi connectivity index (χ0n) is 29.0. The Hall–Kier alpha value is -4.12. The average Bonchev–Trinajstić information content (AvgIpc) is 3.14. The number of carbonyl (C=O) groups excluding carboxylic acids is 3. The Morgan fingerprint density at radius 2 is 1.52 bits per heavy atom. The summed E-state index contributed by atoms with van der Waals surface area (Å²) >= 11 is 0. The lowest BCUT2D eigenvalue weighted by atomic mass is 9.73. The molecule has 3 aliphatic heterocycles. The van der Waals surface area contributed by atoms with E-state index in [9.17, 15) is 19.2 Å². The second-order valence-electron chi connectivity index (χ2n) is 15.2. The van der Waals surface area contributed by atoms with Gasteiger partial charge in [-0.1, -0.05) is 43.5 Å². The topological polar surface area (TPSA) is 110 Å². The maximum Gasteiger partial charge on any atom is 0.272 e. The van der Waals surface area contributed by atoms with Gasteiger partial charge in [0.2, 0.25) is 11.8 Å². The monoisotopic (exact) mass is 684 g/mol. The number of carbonyl (C=O) groups is 3. The van der Waals surface area contributed by atoms with Crippen molar-refractivity contribution < 1.29 is 18.8 Å². The van der Waals surface area contributed by atoms with Gasteiger partial charge in [0, 0.05) is 69.5 Å². The highest BCUT2D eigenvalue weighted by molar-refractivity contribution is 5.95. The number of nitrogens with zero attached hydrogens (tertiary/aromatic N) is 5. The number of aromatic nitrogens is 2. The minimum absolute atomic E-state index is 0.00614. The van der Waals surface area contributed by atoms with Crippen LogP contribution in [0.2, 0.25) is 0 Å². The molecule has 1 aliphatic carbocycles. The molecule has 1 aromatic heterocycles. The number of rotatable bonds is 7. The van der Waals surface area contributed by atoms with Gasteiger partial charge in [0.15, 0.2) is 0 Å². The molecule has 10 nitrogen and oxygen atoms in total. The van der Waals surface area contributed by atoms with Crippen LogP contribution in [-0.2, 0) is 16.0 Å². The van der Waals surface area contributed by atoms with E-state index in [0.29, 0.717) is 74.0 Å². The van der Waals surface area contributed by atoms with Crippen LogP contribution in [0.5, 0.6) is 0 Å². The number of halogens is 1. The van der Waals surface area contributed by atoms with Crippen molar-refractivity contribution in [1.82, 2.24) is 29.8 Å². The van der Waals surface area contributed by atoms with Crippen LogP contribution in [0.3, 0.4) is 0 Å². The largest absolute Gasteiger partial charge is 0.342 e. The quantitative estimate of drug-likeness (QED) is 0.390. The fourth-order valence-corrected chi connectivity index (χ4v) is 8.93. The van der Waals surface area contributed by atoms with Crippen LogP contribution in [0.1, 0.15) is 85.8 Å². The fourth-order valence-electron chi connectivity index (χ4n) is 8.93. The number of amides is 3. The molecule has 0 bridgehead atoms. The van der Waals surface area contributed by atoms with Gasteiger partial charge < -0.3 is 14.7 Å².